The largest absolute Gasteiger partial charge is 0.374 e. The predicted molar refractivity (Wildman–Crippen MR) is 108 cm³/mol. The summed E-state index contributed by atoms with van der Waals surface area (Å²) in [5.74, 6) is 0.896. The molecule has 0 bridgehead atoms. The maximum atomic E-state index is 6.42. The third kappa shape index (κ3) is 4.31. The number of hydrogen-bond acceptors (Lipinski definition) is 5. The van der Waals surface area contributed by atoms with Gasteiger partial charge in [0.1, 0.15) is 16.3 Å². The maximum Gasteiger partial charge on any atom is 0.131 e. The molecule has 8 heteroatoms. The van der Waals surface area contributed by atoms with Crippen LogP contribution in [0, 0.1) is 0 Å². The van der Waals surface area contributed by atoms with E-state index in [2.05, 4.69) is 28.0 Å². The van der Waals surface area contributed by atoms with E-state index >= 15 is 0 Å². The molecule has 1 saturated heterocycles. The van der Waals surface area contributed by atoms with Crippen molar-refractivity contribution in [2.75, 3.05) is 6.61 Å². The first-order valence-corrected chi connectivity index (χ1v) is 10.2. The molecule has 0 radical (unpaired) electrons. The van der Waals surface area contributed by atoms with E-state index in [1.54, 1.807) is 11.3 Å². The van der Waals surface area contributed by atoms with Crippen molar-refractivity contribution in [3.05, 3.63) is 45.8 Å². The highest BCUT2D eigenvalue weighted by molar-refractivity contribution is 7.07. The number of hydrogen-bond donors (Lipinski definition) is 1. The van der Waals surface area contributed by atoms with Crippen molar-refractivity contribution in [2.45, 2.75) is 43.8 Å². The lowest BCUT2D eigenvalue weighted by molar-refractivity contribution is 0.0219. The molecule has 0 spiro atoms. The Labute approximate surface area is 167 Å². The Kier molecular flexibility index (Phi) is 6.40. The summed E-state index contributed by atoms with van der Waals surface area (Å²) in [4.78, 5) is 9.16. The number of rotatable bonds is 6. The molecule has 0 amide bonds. The second-order valence-electron chi connectivity index (χ2n) is 6.25. The van der Waals surface area contributed by atoms with Gasteiger partial charge in [0.25, 0.3) is 0 Å². The van der Waals surface area contributed by atoms with Crippen molar-refractivity contribution in [1.82, 2.24) is 19.9 Å². The van der Waals surface area contributed by atoms with E-state index in [1.165, 1.54) is 0 Å². The highest BCUT2D eigenvalue weighted by Crippen LogP contribution is 2.25. The molecule has 3 heterocycles. The Bertz CT molecular complexity index is 863. The molecule has 1 aliphatic heterocycles. The van der Waals surface area contributed by atoms with Crippen LogP contribution >= 0.6 is 34.5 Å². The quantitative estimate of drug-likeness (QED) is 0.450. The third-order valence-corrected chi connectivity index (χ3v) is 5.39. The van der Waals surface area contributed by atoms with Gasteiger partial charge in [0.15, 0.2) is 0 Å². The van der Waals surface area contributed by atoms with Crippen molar-refractivity contribution < 1.29 is 4.74 Å². The Balaban J connectivity index is 2.06. The fourth-order valence-corrected chi connectivity index (χ4v) is 4.23. The van der Waals surface area contributed by atoms with Crippen LogP contribution in [0.2, 0.25) is 0 Å². The molecule has 2 aromatic heterocycles. The molecule has 0 aromatic carbocycles. The average Bonchev–Trinajstić information content (AvgIpc) is 3.22. The molecule has 26 heavy (non-hydrogen) atoms. The zero-order chi connectivity index (χ0) is 18.7. The molecule has 0 saturated carbocycles. The van der Waals surface area contributed by atoms with Crippen LogP contribution in [0.15, 0.2) is 23.5 Å². The van der Waals surface area contributed by atoms with Crippen LogP contribution in [0.4, 0.5) is 0 Å². The van der Waals surface area contributed by atoms with Gasteiger partial charge in [0.2, 0.25) is 0 Å². The highest BCUT2D eigenvalue weighted by Gasteiger charge is 2.25. The first-order chi connectivity index (χ1) is 12.5. The van der Waals surface area contributed by atoms with E-state index in [0.29, 0.717) is 23.5 Å². The fraction of sp³-hybridized carbons (Fsp3) is 0.444. The Hall–Kier alpha value is -1.34. The Morgan fingerprint density at radius 1 is 1.62 bits per heavy atom. The molecule has 140 valence electrons. The molecular weight excluding hydrogens is 391 g/mol. The summed E-state index contributed by atoms with van der Waals surface area (Å²) >= 11 is 14.0. The minimum Gasteiger partial charge on any atom is -0.374 e. The van der Waals surface area contributed by atoms with E-state index in [-0.39, 0.29) is 17.6 Å². The summed E-state index contributed by atoms with van der Waals surface area (Å²) in [6.07, 6.45) is 4.24. The van der Waals surface area contributed by atoms with Gasteiger partial charge in [-0.2, -0.15) is 0 Å². The summed E-state index contributed by atoms with van der Waals surface area (Å²) in [6, 6.07) is 0.229. The monoisotopic (exact) mass is 412 g/mol. The average molecular weight is 413 g/mol. The van der Waals surface area contributed by atoms with Gasteiger partial charge >= 0.3 is 0 Å². The first-order valence-electron chi connectivity index (χ1n) is 8.47. The second kappa shape index (κ2) is 8.57. The number of halogens is 2. The van der Waals surface area contributed by atoms with Crippen LogP contribution in [0.3, 0.4) is 0 Å². The van der Waals surface area contributed by atoms with Gasteiger partial charge in [-0.15, -0.1) is 17.9 Å². The molecule has 5 nitrogen and oxygen atoms in total. The molecule has 1 unspecified atom stereocenters. The van der Waals surface area contributed by atoms with Crippen LogP contribution in [0.5, 0.6) is 0 Å². The topological polar surface area (TPSA) is 52.0 Å². The SMILES string of the molecule is C=C[C@@H]1C[C@H](n2c(Cc3cscn3)n/c(=C(\Cl)NC(C)Cl)c2=C)CCO1. The van der Waals surface area contributed by atoms with Crippen molar-refractivity contribution in [3.63, 3.8) is 0 Å². The van der Waals surface area contributed by atoms with Crippen molar-refractivity contribution in [2.24, 2.45) is 0 Å². The lowest BCUT2D eigenvalue weighted by Gasteiger charge is -2.29. The van der Waals surface area contributed by atoms with E-state index in [9.17, 15) is 0 Å². The summed E-state index contributed by atoms with van der Waals surface area (Å²) in [6.45, 7) is 10.6. The number of alkyl halides is 1. The number of thiazole rings is 1. The minimum absolute atomic E-state index is 0.0339. The smallest absolute Gasteiger partial charge is 0.131 e. The summed E-state index contributed by atoms with van der Waals surface area (Å²) in [5.41, 5.74) is 2.50. The van der Waals surface area contributed by atoms with Gasteiger partial charge in [-0.1, -0.05) is 35.9 Å². The number of nitrogens with zero attached hydrogens (tertiary/aromatic N) is 3. The standard InChI is InChI=1S/C18H22Cl2N4OS/c1-4-15-8-14(5-6-25-15)24-11(2)17(18(20)22-12(3)19)23-16(24)7-13-9-26-10-21-13/h4,9-10,12,14-15,22H,1-2,5-8H2,3H3/b18-17+/t12?,14-,15-/m1/s1. The lowest BCUT2D eigenvalue weighted by Crippen LogP contribution is -2.38. The normalized spacial score (nSPS) is 22.7. The van der Waals surface area contributed by atoms with E-state index < -0.39 is 0 Å². The minimum atomic E-state index is -0.303. The third-order valence-electron chi connectivity index (χ3n) is 4.35. The second-order valence-corrected chi connectivity index (χ2v) is 8.00. The predicted octanol–water partition coefficient (Wildman–Crippen LogP) is 2.73. The molecule has 3 atom stereocenters. The van der Waals surface area contributed by atoms with E-state index in [1.807, 2.05) is 23.9 Å². The van der Waals surface area contributed by atoms with E-state index in [0.717, 1.165) is 29.7 Å². The zero-order valence-corrected chi connectivity index (χ0v) is 16.9. The molecule has 1 aliphatic rings. The van der Waals surface area contributed by atoms with Crippen LogP contribution in [0.25, 0.3) is 11.7 Å². The maximum absolute atomic E-state index is 6.42. The molecule has 1 fully saturated rings. The first kappa shape index (κ1) is 19.4. The Morgan fingerprint density at radius 2 is 2.42 bits per heavy atom. The van der Waals surface area contributed by atoms with Gasteiger partial charge in [-0.25, -0.2) is 9.97 Å². The van der Waals surface area contributed by atoms with Crippen LogP contribution < -0.4 is 16.0 Å². The number of aromatic nitrogens is 3. The van der Waals surface area contributed by atoms with Crippen LogP contribution in [-0.2, 0) is 11.2 Å². The summed E-state index contributed by atoms with van der Waals surface area (Å²) in [7, 11) is 0. The molecule has 0 aliphatic carbocycles. The van der Waals surface area contributed by atoms with Gasteiger partial charge in [0, 0.05) is 24.4 Å². The molecule has 2 aromatic rings. The highest BCUT2D eigenvalue weighted by atomic mass is 35.5. The molecule has 3 rings (SSSR count). The zero-order valence-electron chi connectivity index (χ0n) is 14.6. The van der Waals surface area contributed by atoms with Gasteiger partial charge in [-0.05, 0) is 19.8 Å². The summed E-state index contributed by atoms with van der Waals surface area (Å²) in [5, 5.41) is 6.84. The van der Waals surface area contributed by atoms with Gasteiger partial charge in [-0.3, -0.25) is 0 Å². The number of nitrogens with one attached hydrogen (secondary N) is 1. The lowest BCUT2D eigenvalue weighted by atomic mass is 10.0. The molecular formula is C18H22Cl2N4OS. The fourth-order valence-electron chi connectivity index (χ4n) is 3.19. The Morgan fingerprint density at radius 3 is 3.08 bits per heavy atom. The van der Waals surface area contributed by atoms with Gasteiger partial charge < -0.3 is 14.6 Å². The number of ether oxygens (including phenoxy) is 1. The van der Waals surface area contributed by atoms with Crippen molar-refractivity contribution in [1.29, 1.82) is 0 Å². The van der Waals surface area contributed by atoms with Crippen molar-refractivity contribution >= 4 is 46.3 Å². The van der Waals surface area contributed by atoms with Crippen LogP contribution in [-0.4, -0.2) is 32.7 Å². The van der Waals surface area contributed by atoms with Crippen LogP contribution in [0.1, 0.15) is 37.3 Å². The van der Waals surface area contributed by atoms with E-state index in [4.69, 9.17) is 32.9 Å². The van der Waals surface area contributed by atoms with Crippen molar-refractivity contribution in [3.8, 4) is 0 Å². The van der Waals surface area contributed by atoms with Gasteiger partial charge in [0.05, 0.1) is 28.2 Å². The number of imidazole rings is 1. The molecule has 1 N–H and O–H groups in total. The summed E-state index contributed by atoms with van der Waals surface area (Å²) < 4.78 is 7.90.